The largest absolute Gasteiger partial charge is 0.374 e. The summed E-state index contributed by atoms with van der Waals surface area (Å²) in [5, 5.41) is 3.33. The molecule has 0 amide bonds. The molecule has 0 aliphatic rings. The standard InChI is InChI=1S/C17H16BrN/c1-13-11-16(12-14(2)17(13)18)19-10-6-9-15-7-4-3-5-8-15/h3-5,7-8,11-12,19H,10H2,1-2H3. The molecule has 0 saturated carbocycles. The summed E-state index contributed by atoms with van der Waals surface area (Å²) in [5.41, 5.74) is 4.63. The second kappa shape index (κ2) is 6.45. The lowest BCUT2D eigenvalue weighted by molar-refractivity contribution is 1.30. The Hall–Kier alpha value is -1.72. The zero-order valence-electron chi connectivity index (χ0n) is 11.1. The minimum absolute atomic E-state index is 0.648. The number of benzene rings is 2. The van der Waals surface area contributed by atoms with E-state index in [1.54, 1.807) is 0 Å². The van der Waals surface area contributed by atoms with E-state index >= 15 is 0 Å². The van der Waals surface area contributed by atoms with Crippen LogP contribution in [0.5, 0.6) is 0 Å². The average molecular weight is 314 g/mol. The molecule has 0 aliphatic carbocycles. The van der Waals surface area contributed by atoms with Gasteiger partial charge in [0.1, 0.15) is 0 Å². The van der Waals surface area contributed by atoms with Gasteiger partial charge < -0.3 is 5.32 Å². The van der Waals surface area contributed by atoms with Crippen molar-refractivity contribution in [2.75, 3.05) is 11.9 Å². The van der Waals surface area contributed by atoms with Crippen LogP contribution in [0.1, 0.15) is 16.7 Å². The van der Waals surface area contributed by atoms with E-state index in [1.807, 2.05) is 30.3 Å². The monoisotopic (exact) mass is 313 g/mol. The zero-order chi connectivity index (χ0) is 13.7. The summed E-state index contributed by atoms with van der Waals surface area (Å²) in [5.74, 6) is 6.26. The van der Waals surface area contributed by atoms with Crippen molar-refractivity contribution in [1.82, 2.24) is 0 Å². The van der Waals surface area contributed by atoms with Crippen molar-refractivity contribution in [2.24, 2.45) is 0 Å². The number of halogens is 1. The quantitative estimate of drug-likeness (QED) is 0.803. The molecular formula is C17H16BrN. The molecule has 96 valence electrons. The zero-order valence-corrected chi connectivity index (χ0v) is 12.7. The first-order chi connectivity index (χ1) is 9.16. The predicted octanol–water partition coefficient (Wildman–Crippen LogP) is 4.53. The van der Waals surface area contributed by atoms with Crippen LogP contribution < -0.4 is 5.32 Å². The first-order valence-corrected chi connectivity index (χ1v) is 7.00. The van der Waals surface area contributed by atoms with Crippen molar-refractivity contribution < 1.29 is 0 Å². The Morgan fingerprint density at radius 3 is 2.32 bits per heavy atom. The highest BCUT2D eigenvalue weighted by atomic mass is 79.9. The molecule has 2 aromatic rings. The summed E-state index contributed by atoms with van der Waals surface area (Å²) in [4.78, 5) is 0. The van der Waals surface area contributed by atoms with Crippen LogP contribution >= 0.6 is 15.9 Å². The predicted molar refractivity (Wildman–Crippen MR) is 85.4 cm³/mol. The van der Waals surface area contributed by atoms with E-state index in [-0.39, 0.29) is 0 Å². The van der Waals surface area contributed by atoms with Crippen LogP contribution in [0.25, 0.3) is 0 Å². The van der Waals surface area contributed by atoms with E-state index in [4.69, 9.17) is 0 Å². The highest BCUT2D eigenvalue weighted by Gasteiger charge is 2.00. The molecule has 0 aliphatic heterocycles. The van der Waals surface area contributed by atoms with Crippen LogP contribution in [0.3, 0.4) is 0 Å². The van der Waals surface area contributed by atoms with Crippen LogP contribution in [0.4, 0.5) is 5.69 Å². The summed E-state index contributed by atoms with van der Waals surface area (Å²) in [6, 6.07) is 14.3. The lowest BCUT2D eigenvalue weighted by Gasteiger charge is -2.08. The molecule has 0 aromatic heterocycles. The summed E-state index contributed by atoms with van der Waals surface area (Å²) >= 11 is 3.57. The molecule has 0 heterocycles. The fraction of sp³-hybridized carbons (Fsp3) is 0.176. The Labute approximate surface area is 123 Å². The van der Waals surface area contributed by atoms with Gasteiger partial charge in [-0.3, -0.25) is 0 Å². The van der Waals surface area contributed by atoms with Crippen molar-refractivity contribution in [2.45, 2.75) is 13.8 Å². The van der Waals surface area contributed by atoms with Crippen molar-refractivity contribution in [3.05, 3.63) is 63.6 Å². The molecule has 0 unspecified atom stereocenters. The smallest absolute Gasteiger partial charge is 0.0769 e. The Bertz CT molecular complexity index is 598. The van der Waals surface area contributed by atoms with Gasteiger partial charge in [-0.15, -0.1) is 0 Å². The number of aryl methyl sites for hydroxylation is 2. The summed E-state index contributed by atoms with van der Waals surface area (Å²) in [7, 11) is 0. The maximum atomic E-state index is 3.57. The lowest BCUT2D eigenvalue weighted by atomic mass is 10.1. The fourth-order valence-corrected chi connectivity index (χ4v) is 2.09. The Balaban J connectivity index is 1.99. The van der Waals surface area contributed by atoms with Gasteiger partial charge in [0.05, 0.1) is 6.54 Å². The SMILES string of the molecule is Cc1cc(NCC#Cc2ccccc2)cc(C)c1Br. The van der Waals surface area contributed by atoms with Crippen LogP contribution in [-0.2, 0) is 0 Å². The molecule has 0 fully saturated rings. The molecule has 2 aromatic carbocycles. The van der Waals surface area contributed by atoms with Crippen LogP contribution in [-0.4, -0.2) is 6.54 Å². The maximum absolute atomic E-state index is 3.57. The molecule has 19 heavy (non-hydrogen) atoms. The molecule has 0 radical (unpaired) electrons. The number of hydrogen-bond acceptors (Lipinski definition) is 1. The maximum Gasteiger partial charge on any atom is 0.0769 e. The van der Waals surface area contributed by atoms with Crippen LogP contribution in [0, 0.1) is 25.7 Å². The number of rotatable bonds is 2. The first kappa shape index (κ1) is 13.7. The molecule has 1 nitrogen and oxygen atoms in total. The minimum Gasteiger partial charge on any atom is -0.374 e. The third-order valence-corrected chi connectivity index (χ3v) is 4.07. The van der Waals surface area contributed by atoms with Gasteiger partial charge >= 0.3 is 0 Å². The highest BCUT2D eigenvalue weighted by Crippen LogP contribution is 2.24. The molecule has 1 N–H and O–H groups in total. The van der Waals surface area contributed by atoms with Crippen molar-refractivity contribution >= 4 is 21.6 Å². The van der Waals surface area contributed by atoms with Crippen LogP contribution in [0.15, 0.2) is 46.9 Å². The van der Waals surface area contributed by atoms with E-state index < -0.39 is 0 Å². The Morgan fingerprint density at radius 2 is 1.68 bits per heavy atom. The summed E-state index contributed by atoms with van der Waals surface area (Å²) in [6.45, 7) is 4.84. The van der Waals surface area contributed by atoms with Gasteiger partial charge in [0.25, 0.3) is 0 Å². The molecule has 2 heteroatoms. The number of nitrogens with one attached hydrogen (secondary N) is 1. The normalized spacial score (nSPS) is 9.63. The average Bonchev–Trinajstić information content (AvgIpc) is 2.42. The fourth-order valence-electron chi connectivity index (χ4n) is 1.86. The van der Waals surface area contributed by atoms with Gasteiger partial charge in [0.2, 0.25) is 0 Å². The summed E-state index contributed by atoms with van der Waals surface area (Å²) in [6.07, 6.45) is 0. The third-order valence-electron chi connectivity index (χ3n) is 2.82. The van der Waals surface area contributed by atoms with Gasteiger partial charge in [-0.25, -0.2) is 0 Å². The highest BCUT2D eigenvalue weighted by molar-refractivity contribution is 9.10. The van der Waals surface area contributed by atoms with Crippen molar-refractivity contribution in [3.63, 3.8) is 0 Å². The second-order valence-corrected chi connectivity index (χ2v) is 5.24. The first-order valence-electron chi connectivity index (χ1n) is 6.21. The molecule has 0 saturated heterocycles. The molecule has 0 spiro atoms. The molecule has 0 atom stereocenters. The van der Waals surface area contributed by atoms with Gasteiger partial charge in [-0.05, 0) is 49.2 Å². The number of anilines is 1. The van der Waals surface area contributed by atoms with E-state index in [1.165, 1.54) is 15.6 Å². The van der Waals surface area contributed by atoms with Gasteiger partial charge in [0, 0.05) is 15.7 Å². The topological polar surface area (TPSA) is 12.0 Å². The molecular weight excluding hydrogens is 298 g/mol. The number of hydrogen-bond donors (Lipinski definition) is 1. The third kappa shape index (κ3) is 3.87. The van der Waals surface area contributed by atoms with Gasteiger partial charge in [-0.1, -0.05) is 46.0 Å². The van der Waals surface area contributed by atoms with Crippen molar-refractivity contribution in [3.8, 4) is 11.8 Å². The Morgan fingerprint density at radius 1 is 1.05 bits per heavy atom. The van der Waals surface area contributed by atoms with Gasteiger partial charge in [-0.2, -0.15) is 0 Å². The van der Waals surface area contributed by atoms with E-state index in [0.717, 1.165) is 11.3 Å². The summed E-state index contributed by atoms with van der Waals surface area (Å²) < 4.78 is 1.17. The minimum atomic E-state index is 0.648. The lowest BCUT2D eigenvalue weighted by Crippen LogP contribution is -1.99. The van der Waals surface area contributed by atoms with E-state index in [0.29, 0.717) is 6.54 Å². The van der Waals surface area contributed by atoms with Crippen molar-refractivity contribution in [1.29, 1.82) is 0 Å². The van der Waals surface area contributed by atoms with E-state index in [2.05, 4.69) is 59.1 Å². The second-order valence-electron chi connectivity index (χ2n) is 4.45. The van der Waals surface area contributed by atoms with Crippen LogP contribution in [0.2, 0.25) is 0 Å². The molecule has 2 rings (SSSR count). The van der Waals surface area contributed by atoms with E-state index in [9.17, 15) is 0 Å². The van der Waals surface area contributed by atoms with Gasteiger partial charge in [0.15, 0.2) is 0 Å². The molecule has 0 bridgehead atoms. The Kier molecular flexibility index (Phi) is 4.65.